The molecule has 1 heterocycles. The lowest BCUT2D eigenvalue weighted by molar-refractivity contribution is 0.0781. The summed E-state index contributed by atoms with van der Waals surface area (Å²) in [6, 6.07) is 14.8. The third kappa shape index (κ3) is 3.59. The van der Waals surface area contributed by atoms with E-state index in [2.05, 4.69) is 43.3 Å². The molecule has 0 aromatic heterocycles. The van der Waals surface area contributed by atoms with Gasteiger partial charge in [0.2, 0.25) is 0 Å². The highest BCUT2D eigenvalue weighted by molar-refractivity contribution is 6.03. The van der Waals surface area contributed by atoms with Crippen LogP contribution in [0.15, 0.2) is 42.5 Å². The molecule has 2 aromatic rings. The minimum absolute atomic E-state index is 0.0731. The predicted octanol–water partition coefficient (Wildman–Crippen LogP) is 3.45. The van der Waals surface area contributed by atoms with Gasteiger partial charge in [-0.05, 0) is 74.5 Å². The molecule has 4 heteroatoms. The minimum atomic E-state index is 0.0731. The van der Waals surface area contributed by atoms with E-state index >= 15 is 0 Å². The van der Waals surface area contributed by atoms with Gasteiger partial charge in [0.1, 0.15) is 0 Å². The van der Waals surface area contributed by atoms with Crippen molar-refractivity contribution >= 4 is 11.6 Å². The summed E-state index contributed by atoms with van der Waals surface area (Å²) >= 11 is 0. The average Bonchev–Trinajstić information content (AvgIpc) is 3.38. The van der Waals surface area contributed by atoms with Crippen molar-refractivity contribution in [3.05, 3.63) is 64.7 Å². The van der Waals surface area contributed by atoms with Crippen molar-refractivity contribution in [3.8, 4) is 0 Å². The Morgan fingerprint density at radius 1 is 1.15 bits per heavy atom. The number of carbonyl (C=O) groups is 1. The van der Waals surface area contributed by atoms with Crippen LogP contribution in [0, 0.1) is 0 Å². The molecule has 27 heavy (non-hydrogen) atoms. The van der Waals surface area contributed by atoms with Crippen LogP contribution in [-0.2, 0) is 18.4 Å². The van der Waals surface area contributed by atoms with E-state index in [-0.39, 0.29) is 5.91 Å². The van der Waals surface area contributed by atoms with Crippen LogP contribution in [0.5, 0.6) is 0 Å². The second-order valence-corrected chi connectivity index (χ2v) is 8.39. The number of benzene rings is 2. The normalized spacial score (nSPS) is 17.4. The first-order valence-electron chi connectivity index (χ1n) is 9.89. The zero-order valence-electron chi connectivity index (χ0n) is 16.4. The van der Waals surface area contributed by atoms with E-state index in [1.807, 2.05) is 23.1 Å². The lowest BCUT2D eigenvalue weighted by atomic mass is 9.90. The summed E-state index contributed by atoms with van der Waals surface area (Å²) in [5.74, 6) is 0.0731. The highest BCUT2D eigenvalue weighted by Crippen LogP contribution is 2.51. The quantitative estimate of drug-likeness (QED) is 0.767. The van der Waals surface area contributed by atoms with Gasteiger partial charge in [-0.1, -0.05) is 36.4 Å². The van der Waals surface area contributed by atoms with Crippen molar-refractivity contribution in [1.82, 2.24) is 9.80 Å². The molecule has 0 radical (unpaired) electrons. The molecular weight excluding hydrogens is 334 g/mol. The summed E-state index contributed by atoms with van der Waals surface area (Å²) in [7, 11) is 4.29. The smallest absolute Gasteiger partial charge is 0.256 e. The molecule has 0 saturated heterocycles. The van der Waals surface area contributed by atoms with Crippen LogP contribution in [-0.4, -0.2) is 42.9 Å². The van der Waals surface area contributed by atoms with E-state index in [9.17, 15) is 4.79 Å². The van der Waals surface area contributed by atoms with Crippen LogP contribution < -0.4 is 5.73 Å². The monoisotopic (exact) mass is 363 g/mol. The number of rotatable bonds is 7. The van der Waals surface area contributed by atoms with Gasteiger partial charge in [-0.25, -0.2) is 0 Å². The van der Waals surface area contributed by atoms with Gasteiger partial charge in [-0.2, -0.15) is 0 Å². The number of anilines is 1. The Bertz CT molecular complexity index is 854. The molecular formula is C23H29N3O. The van der Waals surface area contributed by atoms with Gasteiger partial charge in [0.15, 0.2) is 0 Å². The highest BCUT2D eigenvalue weighted by atomic mass is 16.2. The summed E-state index contributed by atoms with van der Waals surface area (Å²) in [5.41, 5.74) is 11.5. The number of hydrogen-bond acceptors (Lipinski definition) is 3. The van der Waals surface area contributed by atoms with Crippen LogP contribution in [0.3, 0.4) is 0 Å². The Kier molecular flexibility index (Phi) is 4.68. The Hall–Kier alpha value is -2.33. The first-order valence-corrected chi connectivity index (χ1v) is 9.89. The topological polar surface area (TPSA) is 49.6 Å². The zero-order chi connectivity index (χ0) is 19.0. The Labute approximate surface area is 162 Å². The van der Waals surface area contributed by atoms with Crippen LogP contribution in [0.2, 0.25) is 0 Å². The molecule has 4 rings (SSSR count). The Morgan fingerprint density at radius 2 is 1.93 bits per heavy atom. The molecule has 0 bridgehead atoms. The maximum absolute atomic E-state index is 12.7. The van der Waals surface area contributed by atoms with Crippen molar-refractivity contribution < 1.29 is 4.79 Å². The van der Waals surface area contributed by atoms with Crippen molar-refractivity contribution in [2.45, 2.75) is 37.6 Å². The number of carbonyl (C=O) groups excluding carboxylic acids is 1. The molecule has 2 aliphatic rings. The van der Waals surface area contributed by atoms with Crippen LogP contribution in [0.25, 0.3) is 0 Å². The summed E-state index contributed by atoms with van der Waals surface area (Å²) in [5, 5.41) is 0. The fourth-order valence-electron chi connectivity index (χ4n) is 4.22. The van der Waals surface area contributed by atoms with Crippen LogP contribution in [0.4, 0.5) is 5.69 Å². The summed E-state index contributed by atoms with van der Waals surface area (Å²) in [4.78, 5) is 16.9. The molecule has 142 valence electrons. The van der Waals surface area contributed by atoms with Crippen molar-refractivity contribution in [3.63, 3.8) is 0 Å². The first-order chi connectivity index (χ1) is 13.0. The van der Waals surface area contributed by atoms with Crippen molar-refractivity contribution in [2.24, 2.45) is 0 Å². The zero-order valence-corrected chi connectivity index (χ0v) is 16.4. The Morgan fingerprint density at radius 3 is 2.63 bits per heavy atom. The maximum atomic E-state index is 12.7. The maximum Gasteiger partial charge on any atom is 0.256 e. The Balaban J connectivity index is 1.42. The number of nitrogen functional groups attached to an aromatic ring is 1. The number of hydrogen-bond donors (Lipinski definition) is 1. The van der Waals surface area contributed by atoms with E-state index in [0.717, 1.165) is 25.1 Å². The van der Waals surface area contributed by atoms with Crippen molar-refractivity contribution in [1.29, 1.82) is 0 Å². The van der Waals surface area contributed by atoms with Gasteiger partial charge >= 0.3 is 0 Å². The van der Waals surface area contributed by atoms with E-state index in [1.165, 1.54) is 30.4 Å². The third-order valence-electron chi connectivity index (χ3n) is 6.15. The lowest BCUT2D eigenvalue weighted by Crippen LogP contribution is -2.26. The van der Waals surface area contributed by atoms with E-state index in [1.54, 1.807) is 0 Å². The molecule has 0 spiro atoms. The van der Waals surface area contributed by atoms with Gasteiger partial charge in [0, 0.05) is 18.8 Å². The van der Waals surface area contributed by atoms with E-state index in [4.69, 9.17) is 5.73 Å². The molecule has 0 atom stereocenters. The largest absolute Gasteiger partial charge is 0.398 e. The number of nitrogens with two attached hydrogens (primary N) is 1. The van der Waals surface area contributed by atoms with Crippen LogP contribution >= 0.6 is 0 Å². The molecule has 1 aliphatic heterocycles. The van der Waals surface area contributed by atoms with E-state index in [0.29, 0.717) is 23.2 Å². The minimum Gasteiger partial charge on any atom is -0.398 e. The molecule has 1 amide bonds. The van der Waals surface area contributed by atoms with Gasteiger partial charge in [0.05, 0.1) is 5.56 Å². The molecule has 0 unspecified atom stereocenters. The SMILES string of the molecule is CN(C)CCC1(c2cccc(CCN3Cc4cccc(N)c4C3=O)c2)CC1. The molecule has 1 fully saturated rings. The van der Waals surface area contributed by atoms with Gasteiger partial charge < -0.3 is 15.5 Å². The third-order valence-corrected chi connectivity index (χ3v) is 6.15. The molecule has 2 N–H and O–H groups in total. The second-order valence-electron chi connectivity index (χ2n) is 8.39. The molecule has 1 saturated carbocycles. The second kappa shape index (κ2) is 7.01. The predicted molar refractivity (Wildman–Crippen MR) is 110 cm³/mol. The standard InChI is InChI=1S/C23H29N3O/c1-25(2)14-12-23(10-11-23)19-7-3-5-17(15-19)9-13-26-16-18-6-4-8-20(24)21(18)22(26)27/h3-8,15H,9-14,16,24H2,1-2H3. The number of amides is 1. The summed E-state index contributed by atoms with van der Waals surface area (Å²) in [6.45, 7) is 2.54. The van der Waals surface area contributed by atoms with Gasteiger partial charge in [-0.15, -0.1) is 0 Å². The fraction of sp³-hybridized carbons (Fsp3) is 0.435. The molecule has 4 nitrogen and oxygen atoms in total. The fourth-order valence-corrected chi connectivity index (χ4v) is 4.22. The van der Waals surface area contributed by atoms with Gasteiger partial charge in [0.25, 0.3) is 5.91 Å². The number of nitrogens with zero attached hydrogens (tertiary/aromatic N) is 2. The van der Waals surface area contributed by atoms with E-state index < -0.39 is 0 Å². The lowest BCUT2D eigenvalue weighted by Gasteiger charge is -2.20. The van der Waals surface area contributed by atoms with Crippen molar-refractivity contribution in [2.75, 3.05) is 32.9 Å². The molecule has 1 aliphatic carbocycles. The van der Waals surface area contributed by atoms with Gasteiger partial charge in [-0.3, -0.25) is 4.79 Å². The first kappa shape index (κ1) is 18.1. The number of fused-ring (bicyclic) bond motifs is 1. The summed E-state index contributed by atoms with van der Waals surface area (Å²) < 4.78 is 0. The highest BCUT2D eigenvalue weighted by Gasteiger charge is 2.43. The average molecular weight is 364 g/mol. The molecule has 2 aromatic carbocycles. The summed E-state index contributed by atoms with van der Waals surface area (Å²) in [6.07, 6.45) is 4.70. The van der Waals surface area contributed by atoms with Crippen LogP contribution in [0.1, 0.15) is 46.3 Å².